The Bertz CT molecular complexity index is 517. The monoisotopic (exact) mass is 298 g/mol. The Labute approximate surface area is 121 Å². The summed E-state index contributed by atoms with van der Waals surface area (Å²) in [5.41, 5.74) is 0. The van der Waals surface area contributed by atoms with Crippen molar-refractivity contribution in [2.24, 2.45) is 0 Å². The molecule has 0 spiro atoms. The van der Waals surface area contributed by atoms with Gasteiger partial charge in [-0.3, -0.25) is 9.69 Å². The molecule has 108 valence electrons. The van der Waals surface area contributed by atoms with Gasteiger partial charge in [-0.25, -0.2) is 14.8 Å². The summed E-state index contributed by atoms with van der Waals surface area (Å²) in [7, 11) is 0. The molecular weight excluding hydrogens is 284 g/mol. The van der Waals surface area contributed by atoms with Gasteiger partial charge in [0.1, 0.15) is 17.3 Å². The first-order chi connectivity index (χ1) is 9.49. The molecule has 2 rings (SSSR count). The van der Waals surface area contributed by atoms with Crippen LogP contribution in [0, 0.1) is 0 Å². The van der Waals surface area contributed by atoms with Crippen LogP contribution in [-0.2, 0) is 4.79 Å². The lowest BCUT2D eigenvalue weighted by Gasteiger charge is -2.36. The van der Waals surface area contributed by atoms with Gasteiger partial charge in [-0.05, 0) is 12.8 Å². The van der Waals surface area contributed by atoms with E-state index in [0.717, 1.165) is 0 Å². The molecule has 20 heavy (non-hydrogen) atoms. The number of nitrogens with zero attached hydrogens (tertiary/aromatic N) is 4. The average molecular weight is 299 g/mol. The first-order valence-corrected chi connectivity index (χ1v) is 6.62. The van der Waals surface area contributed by atoms with Crippen molar-refractivity contribution in [1.82, 2.24) is 14.9 Å². The maximum atomic E-state index is 11.5. The fourth-order valence-electron chi connectivity index (χ4n) is 2.34. The largest absolute Gasteiger partial charge is 0.465 e. The van der Waals surface area contributed by atoms with E-state index in [1.807, 2.05) is 0 Å². The number of carbonyl (C=O) groups excluding carboxylic acids is 1. The third-order valence-corrected chi connectivity index (χ3v) is 3.55. The number of aromatic nitrogens is 2. The average Bonchev–Trinajstić information content (AvgIpc) is 2.39. The molecule has 1 saturated heterocycles. The first kappa shape index (κ1) is 14.5. The predicted octanol–water partition coefficient (Wildman–Crippen LogP) is 1.63. The lowest BCUT2D eigenvalue weighted by atomic mass is 10.0. The molecule has 1 aromatic heterocycles. The van der Waals surface area contributed by atoms with Crippen LogP contribution in [0.15, 0.2) is 12.4 Å². The number of hydrogen-bond donors (Lipinski definition) is 1. The van der Waals surface area contributed by atoms with Crippen LogP contribution in [-0.4, -0.2) is 51.1 Å². The van der Waals surface area contributed by atoms with Crippen LogP contribution in [0.25, 0.3) is 0 Å². The number of hydrogen-bond acceptors (Lipinski definition) is 4. The van der Waals surface area contributed by atoms with Crippen LogP contribution in [0.2, 0.25) is 5.15 Å². The van der Waals surface area contributed by atoms with Crippen LogP contribution in [0.3, 0.4) is 0 Å². The molecular formula is C12H15ClN4O3. The van der Waals surface area contributed by atoms with Crippen molar-refractivity contribution in [3.05, 3.63) is 17.5 Å². The number of anilines is 1. The molecule has 0 aliphatic carbocycles. The summed E-state index contributed by atoms with van der Waals surface area (Å²) >= 11 is 5.77. The molecule has 7 nitrogen and oxygen atoms in total. The van der Waals surface area contributed by atoms with Crippen LogP contribution in [0.1, 0.15) is 19.8 Å². The molecule has 0 aromatic carbocycles. The van der Waals surface area contributed by atoms with Gasteiger partial charge in [0.05, 0.1) is 0 Å². The Kier molecular flexibility index (Phi) is 4.39. The second-order valence-electron chi connectivity index (χ2n) is 4.59. The van der Waals surface area contributed by atoms with Crippen molar-refractivity contribution in [1.29, 1.82) is 0 Å². The van der Waals surface area contributed by atoms with Gasteiger partial charge >= 0.3 is 6.09 Å². The Hall–Kier alpha value is -1.89. The maximum Gasteiger partial charge on any atom is 0.413 e. The summed E-state index contributed by atoms with van der Waals surface area (Å²) in [4.78, 5) is 33.4. The van der Waals surface area contributed by atoms with Crippen molar-refractivity contribution in [2.45, 2.75) is 25.8 Å². The van der Waals surface area contributed by atoms with Crippen LogP contribution in [0.5, 0.6) is 0 Å². The topological polar surface area (TPSA) is 86.6 Å². The minimum absolute atomic E-state index is 0.00963. The Morgan fingerprint density at radius 3 is 2.55 bits per heavy atom. The van der Waals surface area contributed by atoms with Crippen molar-refractivity contribution >= 4 is 29.4 Å². The zero-order valence-corrected chi connectivity index (χ0v) is 11.7. The summed E-state index contributed by atoms with van der Waals surface area (Å²) in [5.74, 6) is 0.272. The number of rotatable bonds is 2. The van der Waals surface area contributed by atoms with E-state index in [2.05, 4.69) is 9.97 Å². The smallest absolute Gasteiger partial charge is 0.413 e. The number of carbonyl (C=O) groups is 2. The van der Waals surface area contributed by atoms with Crippen molar-refractivity contribution in [2.75, 3.05) is 18.0 Å². The summed E-state index contributed by atoms with van der Waals surface area (Å²) in [6.07, 6.45) is 1.31. The van der Waals surface area contributed by atoms with Crippen molar-refractivity contribution in [3.63, 3.8) is 0 Å². The van der Waals surface area contributed by atoms with E-state index >= 15 is 0 Å². The van der Waals surface area contributed by atoms with Gasteiger partial charge in [0.25, 0.3) is 0 Å². The standard InChI is InChI=1S/C12H15ClN4O3/c1-8(18)16-4-2-9(3-5-16)17(12(19)20)11-6-10(13)14-7-15-11/h6-7,9H,2-5H2,1H3,(H,19,20). The number of carboxylic acid groups (broad SMARTS) is 1. The summed E-state index contributed by atoms with van der Waals surface area (Å²) in [5, 5.41) is 9.58. The van der Waals surface area contributed by atoms with Gasteiger partial charge in [0, 0.05) is 32.1 Å². The second kappa shape index (κ2) is 6.04. The van der Waals surface area contributed by atoms with E-state index in [1.54, 1.807) is 4.90 Å². The highest BCUT2D eigenvalue weighted by atomic mass is 35.5. The molecule has 0 bridgehead atoms. The summed E-state index contributed by atoms with van der Waals surface area (Å²) < 4.78 is 0. The van der Waals surface area contributed by atoms with Gasteiger partial charge in [-0.2, -0.15) is 0 Å². The number of likely N-dealkylation sites (tertiary alicyclic amines) is 1. The third kappa shape index (κ3) is 3.16. The van der Waals surface area contributed by atoms with Gasteiger partial charge in [0.2, 0.25) is 5.91 Å². The zero-order valence-electron chi connectivity index (χ0n) is 11.0. The van der Waals surface area contributed by atoms with Crippen LogP contribution >= 0.6 is 11.6 Å². The molecule has 2 heterocycles. The minimum atomic E-state index is -1.08. The maximum absolute atomic E-state index is 11.5. The second-order valence-corrected chi connectivity index (χ2v) is 4.98. The molecule has 1 fully saturated rings. The van der Waals surface area contributed by atoms with Gasteiger partial charge in [-0.15, -0.1) is 0 Å². The molecule has 0 atom stereocenters. The Balaban J connectivity index is 2.15. The van der Waals surface area contributed by atoms with Gasteiger partial charge in [-0.1, -0.05) is 11.6 Å². The molecule has 0 saturated carbocycles. The number of piperidine rings is 1. The lowest BCUT2D eigenvalue weighted by molar-refractivity contribution is -0.129. The molecule has 2 amide bonds. The highest BCUT2D eigenvalue weighted by Crippen LogP contribution is 2.23. The molecule has 0 unspecified atom stereocenters. The van der Waals surface area contributed by atoms with Gasteiger partial charge in [0.15, 0.2) is 0 Å². The van der Waals surface area contributed by atoms with Gasteiger partial charge < -0.3 is 10.0 Å². The molecule has 1 aliphatic rings. The fourth-order valence-corrected chi connectivity index (χ4v) is 2.48. The van der Waals surface area contributed by atoms with E-state index in [9.17, 15) is 14.7 Å². The van der Waals surface area contributed by atoms with Crippen LogP contribution < -0.4 is 4.90 Å². The fraction of sp³-hybridized carbons (Fsp3) is 0.500. The van der Waals surface area contributed by atoms with Crippen molar-refractivity contribution < 1.29 is 14.7 Å². The summed E-state index contributed by atoms with van der Waals surface area (Å²) in [6.45, 7) is 2.60. The minimum Gasteiger partial charge on any atom is -0.465 e. The zero-order chi connectivity index (χ0) is 14.7. The highest BCUT2D eigenvalue weighted by Gasteiger charge is 2.30. The van der Waals surface area contributed by atoms with E-state index in [1.165, 1.54) is 24.2 Å². The van der Waals surface area contributed by atoms with E-state index in [4.69, 9.17) is 11.6 Å². The van der Waals surface area contributed by atoms with Crippen LogP contribution in [0.4, 0.5) is 10.6 Å². The van der Waals surface area contributed by atoms with E-state index in [0.29, 0.717) is 25.9 Å². The van der Waals surface area contributed by atoms with E-state index in [-0.39, 0.29) is 22.9 Å². The Morgan fingerprint density at radius 2 is 2.05 bits per heavy atom. The van der Waals surface area contributed by atoms with E-state index < -0.39 is 6.09 Å². The molecule has 1 aromatic rings. The summed E-state index contributed by atoms with van der Waals surface area (Å²) in [6, 6.07) is 1.21. The lowest BCUT2D eigenvalue weighted by Crippen LogP contribution is -2.48. The Morgan fingerprint density at radius 1 is 1.40 bits per heavy atom. The molecule has 8 heteroatoms. The molecule has 1 N–H and O–H groups in total. The van der Waals surface area contributed by atoms with Crippen molar-refractivity contribution in [3.8, 4) is 0 Å². The first-order valence-electron chi connectivity index (χ1n) is 6.24. The molecule has 1 aliphatic heterocycles. The molecule has 0 radical (unpaired) electrons. The number of amides is 2. The third-order valence-electron chi connectivity index (χ3n) is 3.35. The normalized spacial score (nSPS) is 16.0. The predicted molar refractivity (Wildman–Crippen MR) is 72.8 cm³/mol. The highest BCUT2D eigenvalue weighted by molar-refractivity contribution is 6.29. The SMILES string of the molecule is CC(=O)N1CCC(N(C(=O)O)c2cc(Cl)ncn2)CC1. The quantitative estimate of drug-likeness (QED) is 0.839. The number of halogens is 1.